The summed E-state index contributed by atoms with van der Waals surface area (Å²) < 4.78 is 2.26. The largest absolute Gasteiger partial charge is 0.179 e. The Kier molecular flexibility index (Phi) is 5.91. The number of benzene rings is 4. The minimum absolute atomic E-state index is 1.13. The van der Waals surface area contributed by atoms with Crippen molar-refractivity contribution in [3.63, 3.8) is 0 Å². The Labute approximate surface area is 190 Å². The van der Waals surface area contributed by atoms with Gasteiger partial charge in [-0.2, -0.15) is 0 Å². The second-order valence-electron chi connectivity index (χ2n) is 7.52. The maximum atomic E-state index is 3.77. The summed E-state index contributed by atoms with van der Waals surface area (Å²) in [5.74, 6) is 0. The van der Waals surface area contributed by atoms with Gasteiger partial charge in [-0.3, -0.25) is 0 Å². The van der Waals surface area contributed by atoms with Gasteiger partial charge in [0.2, 0.25) is 0 Å². The van der Waals surface area contributed by atoms with Crippen molar-refractivity contribution < 1.29 is 0 Å². The second-order valence-corrected chi connectivity index (χ2v) is 13.2. The monoisotopic (exact) mass is 520 g/mol. The molecule has 144 valence electrons. The lowest BCUT2D eigenvalue weighted by molar-refractivity contribution is 1.46. The number of rotatable bonds is 4. The zero-order valence-corrected chi connectivity index (χ0v) is 20.7. The summed E-state index contributed by atoms with van der Waals surface area (Å²) in [5, 5.41) is 5.56. The molecule has 0 unspecified atom stereocenters. The highest BCUT2D eigenvalue weighted by Gasteiger charge is 2.41. The maximum Gasteiger partial charge on any atom is 0.179 e. The van der Waals surface area contributed by atoms with Crippen LogP contribution in [0.4, 0.5) is 0 Å². The van der Waals surface area contributed by atoms with Gasteiger partial charge in [-0.05, 0) is 58.9 Å². The van der Waals surface area contributed by atoms with E-state index in [4.69, 9.17) is 0 Å². The molecule has 0 fully saturated rings. The third-order valence-electron chi connectivity index (χ3n) is 5.36. The van der Waals surface area contributed by atoms with Crippen molar-refractivity contribution in [1.82, 2.24) is 0 Å². The number of aryl methyl sites for hydroxylation is 2. The average molecular weight is 522 g/mol. The fraction of sp³-hybridized carbons (Fsp3) is 0.0769. The van der Waals surface area contributed by atoms with Gasteiger partial charge in [0, 0.05) is 8.95 Å². The van der Waals surface area contributed by atoms with Crippen LogP contribution in [0, 0.1) is 13.8 Å². The summed E-state index contributed by atoms with van der Waals surface area (Å²) in [6.07, 6.45) is 0. The molecule has 0 bridgehead atoms. The molecule has 4 aromatic rings. The maximum absolute atomic E-state index is 3.77. The molecule has 0 aliphatic rings. The van der Waals surface area contributed by atoms with E-state index in [9.17, 15) is 0 Å². The average Bonchev–Trinajstić information content (AvgIpc) is 2.69. The lowest BCUT2D eigenvalue weighted by Gasteiger charge is -2.35. The molecule has 0 radical (unpaired) electrons. The quantitative estimate of drug-likeness (QED) is 0.255. The molecular weight excluding hydrogens is 500 g/mol. The Balaban J connectivity index is 2.20. The molecule has 0 heterocycles. The van der Waals surface area contributed by atoms with Crippen LogP contribution in [0.2, 0.25) is 0 Å². The van der Waals surface area contributed by atoms with Crippen LogP contribution in [0.1, 0.15) is 11.1 Å². The molecule has 0 atom stereocenters. The summed E-state index contributed by atoms with van der Waals surface area (Å²) in [7, 11) is -2.49. The fourth-order valence-corrected chi connectivity index (χ4v) is 10.9. The smallest absolute Gasteiger partial charge is 0.0623 e. The molecule has 0 aliphatic heterocycles. The summed E-state index contributed by atoms with van der Waals surface area (Å²) in [5.41, 5.74) is 2.54. The van der Waals surface area contributed by atoms with Crippen LogP contribution >= 0.6 is 31.9 Å². The van der Waals surface area contributed by atoms with E-state index in [0.29, 0.717) is 0 Å². The highest BCUT2D eigenvalue weighted by atomic mass is 79.9. The van der Waals surface area contributed by atoms with Gasteiger partial charge in [0.15, 0.2) is 8.07 Å². The van der Waals surface area contributed by atoms with Crippen LogP contribution < -0.4 is 20.7 Å². The minimum Gasteiger partial charge on any atom is -0.0623 e. The van der Waals surface area contributed by atoms with Crippen molar-refractivity contribution in [1.29, 1.82) is 0 Å². The van der Waals surface area contributed by atoms with E-state index >= 15 is 0 Å². The lowest BCUT2D eigenvalue weighted by Crippen LogP contribution is -2.74. The van der Waals surface area contributed by atoms with Crippen LogP contribution in [-0.2, 0) is 0 Å². The zero-order chi connectivity index (χ0) is 20.4. The van der Waals surface area contributed by atoms with Gasteiger partial charge in [-0.15, -0.1) is 0 Å². The number of halogens is 2. The lowest BCUT2D eigenvalue weighted by atomic mass is 10.2. The summed E-state index contributed by atoms with van der Waals surface area (Å²) in [6, 6.07) is 35.8. The number of hydrogen-bond donors (Lipinski definition) is 0. The van der Waals surface area contributed by atoms with Crippen molar-refractivity contribution in [2.45, 2.75) is 13.8 Å². The van der Waals surface area contributed by atoms with E-state index in [2.05, 4.69) is 143 Å². The van der Waals surface area contributed by atoms with Crippen molar-refractivity contribution in [2.24, 2.45) is 0 Å². The first kappa shape index (κ1) is 20.3. The van der Waals surface area contributed by atoms with Crippen LogP contribution in [0.15, 0.2) is 106 Å². The minimum atomic E-state index is -2.49. The molecule has 29 heavy (non-hydrogen) atoms. The Morgan fingerprint density at radius 2 is 0.862 bits per heavy atom. The molecule has 0 saturated heterocycles. The Morgan fingerprint density at radius 3 is 1.21 bits per heavy atom. The van der Waals surface area contributed by atoms with Gasteiger partial charge < -0.3 is 0 Å². The van der Waals surface area contributed by atoms with E-state index < -0.39 is 8.07 Å². The normalized spacial score (nSPS) is 11.4. The van der Waals surface area contributed by atoms with Crippen molar-refractivity contribution in [2.75, 3.05) is 0 Å². The molecule has 0 spiro atoms. The predicted molar refractivity (Wildman–Crippen MR) is 135 cm³/mol. The van der Waals surface area contributed by atoms with Crippen molar-refractivity contribution in [3.05, 3.63) is 117 Å². The van der Waals surface area contributed by atoms with Crippen molar-refractivity contribution >= 4 is 60.7 Å². The molecule has 0 saturated carbocycles. The van der Waals surface area contributed by atoms with Gasteiger partial charge in [-0.1, -0.05) is 116 Å². The molecule has 3 heteroatoms. The molecule has 4 aromatic carbocycles. The first-order valence-electron chi connectivity index (χ1n) is 9.66. The highest BCUT2D eigenvalue weighted by Crippen LogP contribution is 2.18. The molecule has 0 nitrogen and oxygen atoms in total. The highest BCUT2D eigenvalue weighted by molar-refractivity contribution is 9.10. The van der Waals surface area contributed by atoms with Gasteiger partial charge >= 0.3 is 0 Å². The summed E-state index contributed by atoms with van der Waals surface area (Å²) in [6.45, 7) is 4.35. The third-order valence-corrected chi connectivity index (χ3v) is 11.0. The van der Waals surface area contributed by atoms with Crippen LogP contribution in [0.3, 0.4) is 0 Å². The predicted octanol–water partition coefficient (Wildman–Crippen LogP) is 5.21. The Bertz CT molecular complexity index is 1000. The molecular formula is C26H22Br2Si. The zero-order valence-electron chi connectivity index (χ0n) is 16.5. The van der Waals surface area contributed by atoms with Gasteiger partial charge in [0.05, 0.1) is 0 Å². The van der Waals surface area contributed by atoms with E-state index in [1.807, 2.05) is 0 Å². The second kappa shape index (κ2) is 8.43. The SMILES string of the molecule is Cc1cc(Br)cc([Si](c2ccccc2)(c2ccccc2)c2cc(C)cc(Br)c2)c1. The van der Waals surface area contributed by atoms with E-state index in [-0.39, 0.29) is 0 Å². The summed E-state index contributed by atoms with van der Waals surface area (Å²) in [4.78, 5) is 0. The van der Waals surface area contributed by atoms with Gasteiger partial charge in [0.1, 0.15) is 0 Å². The van der Waals surface area contributed by atoms with E-state index in [1.165, 1.54) is 31.9 Å². The number of hydrogen-bond acceptors (Lipinski definition) is 0. The van der Waals surface area contributed by atoms with Crippen molar-refractivity contribution in [3.8, 4) is 0 Å². The first-order chi connectivity index (χ1) is 14.0. The molecule has 0 aliphatic carbocycles. The van der Waals surface area contributed by atoms with E-state index in [0.717, 1.165) is 8.95 Å². The fourth-order valence-electron chi connectivity index (χ4n) is 4.28. The Morgan fingerprint density at radius 1 is 0.483 bits per heavy atom. The molecule has 0 aromatic heterocycles. The summed E-state index contributed by atoms with van der Waals surface area (Å²) >= 11 is 7.53. The molecule has 4 rings (SSSR count). The van der Waals surface area contributed by atoms with Crippen LogP contribution in [-0.4, -0.2) is 8.07 Å². The van der Waals surface area contributed by atoms with Gasteiger partial charge in [0.25, 0.3) is 0 Å². The van der Waals surface area contributed by atoms with Crippen LogP contribution in [0.25, 0.3) is 0 Å². The standard InChI is InChI=1S/C26H22Br2Si/c1-19-13-21(27)17-25(15-19)29(23-9-5-3-6-10-23,24-11-7-4-8-12-24)26-16-20(2)14-22(28)18-26/h3-18H,1-2H3. The molecule has 0 N–H and O–H groups in total. The third kappa shape index (κ3) is 3.92. The topological polar surface area (TPSA) is 0 Å². The van der Waals surface area contributed by atoms with Crippen LogP contribution in [0.5, 0.6) is 0 Å². The first-order valence-corrected chi connectivity index (χ1v) is 13.2. The van der Waals surface area contributed by atoms with E-state index in [1.54, 1.807) is 0 Å². The van der Waals surface area contributed by atoms with Gasteiger partial charge in [-0.25, -0.2) is 0 Å². The molecule has 0 amide bonds. The Hall–Kier alpha value is -1.94.